The van der Waals surface area contributed by atoms with Crippen molar-refractivity contribution in [1.82, 2.24) is 10.6 Å². The predicted molar refractivity (Wildman–Crippen MR) is 79.3 cm³/mol. The molecule has 0 fully saturated rings. The Bertz CT molecular complexity index is 642. The Labute approximate surface area is 131 Å². The number of halogens is 2. The van der Waals surface area contributed by atoms with Crippen molar-refractivity contribution in [3.05, 3.63) is 58.0 Å². The first-order chi connectivity index (χ1) is 10.1. The Kier molecular flexibility index (Phi) is 5.25. The normalized spacial score (nSPS) is 10.2. The maximum absolute atomic E-state index is 11.8. The third-order valence-electron chi connectivity index (χ3n) is 2.63. The molecule has 2 aromatic rings. The standard InChI is InChI=1S/C14H12Cl2N2O3/c15-11-4-3-9(6-12(11)16)14(20)18-8-13(19)17-7-10-2-1-5-21-10/h1-6H,7-8H2,(H,17,19)(H,18,20). The van der Waals surface area contributed by atoms with Crippen LogP contribution in [0.3, 0.4) is 0 Å². The molecule has 2 rings (SSSR count). The average Bonchev–Trinajstić information content (AvgIpc) is 2.98. The van der Waals surface area contributed by atoms with E-state index in [9.17, 15) is 9.59 Å². The zero-order valence-corrected chi connectivity index (χ0v) is 12.4. The number of carbonyl (C=O) groups is 2. The highest BCUT2D eigenvalue weighted by Gasteiger charge is 2.10. The summed E-state index contributed by atoms with van der Waals surface area (Å²) < 4.78 is 5.07. The lowest BCUT2D eigenvalue weighted by molar-refractivity contribution is -0.120. The lowest BCUT2D eigenvalue weighted by Gasteiger charge is -2.06. The summed E-state index contributed by atoms with van der Waals surface area (Å²) in [5, 5.41) is 5.76. The number of hydrogen-bond acceptors (Lipinski definition) is 3. The molecule has 21 heavy (non-hydrogen) atoms. The Hall–Kier alpha value is -1.98. The van der Waals surface area contributed by atoms with Crippen LogP contribution in [0, 0.1) is 0 Å². The largest absolute Gasteiger partial charge is 0.467 e. The number of benzene rings is 1. The number of hydrogen-bond donors (Lipinski definition) is 2. The second-order valence-electron chi connectivity index (χ2n) is 4.17. The van der Waals surface area contributed by atoms with Crippen LogP contribution in [0.1, 0.15) is 16.1 Å². The van der Waals surface area contributed by atoms with Crippen LogP contribution in [0.15, 0.2) is 41.0 Å². The topological polar surface area (TPSA) is 71.3 Å². The van der Waals surface area contributed by atoms with Gasteiger partial charge in [-0.05, 0) is 30.3 Å². The first kappa shape index (κ1) is 15.4. The molecule has 0 aliphatic rings. The quantitative estimate of drug-likeness (QED) is 0.887. The number of furan rings is 1. The summed E-state index contributed by atoms with van der Waals surface area (Å²) in [6.45, 7) is 0.133. The Morgan fingerprint density at radius 2 is 1.90 bits per heavy atom. The molecular weight excluding hydrogens is 315 g/mol. The Morgan fingerprint density at radius 1 is 1.10 bits per heavy atom. The molecule has 1 aromatic heterocycles. The van der Waals surface area contributed by atoms with Crippen LogP contribution in [0.5, 0.6) is 0 Å². The fourth-order valence-corrected chi connectivity index (χ4v) is 1.86. The lowest BCUT2D eigenvalue weighted by atomic mass is 10.2. The number of nitrogens with one attached hydrogen (secondary N) is 2. The molecule has 0 atom stereocenters. The molecule has 5 nitrogen and oxygen atoms in total. The number of carbonyl (C=O) groups excluding carboxylic acids is 2. The lowest BCUT2D eigenvalue weighted by Crippen LogP contribution is -2.36. The van der Waals surface area contributed by atoms with Crippen molar-refractivity contribution in [3.63, 3.8) is 0 Å². The minimum Gasteiger partial charge on any atom is -0.467 e. The van der Waals surface area contributed by atoms with Gasteiger partial charge >= 0.3 is 0 Å². The summed E-state index contributed by atoms with van der Waals surface area (Å²) in [4.78, 5) is 23.4. The molecule has 0 saturated carbocycles. The molecule has 0 aliphatic carbocycles. The van der Waals surface area contributed by atoms with Gasteiger partial charge in [0.1, 0.15) is 5.76 Å². The van der Waals surface area contributed by atoms with Gasteiger partial charge in [-0.25, -0.2) is 0 Å². The summed E-state index contributed by atoms with van der Waals surface area (Å²) in [7, 11) is 0. The van der Waals surface area contributed by atoms with Crippen molar-refractivity contribution in [3.8, 4) is 0 Å². The maximum Gasteiger partial charge on any atom is 0.251 e. The third kappa shape index (κ3) is 4.51. The van der Waals surface area contributed by atoms with Gasteiger partial charge in [0.2, 0.25) is 5.91 Å². The van der Waals surface area contributed by atoms with E-state index >= 15 is 0 Å². The summed E-state index contributed by atoms with van der Waals surface area (Å²) in [6, 6.07) is 7.97. The van der Waals surface area contributed by atoms with E-state index in [0.29, 0.717) is 16.3 Å². The first-order valence-electron chi connectivity index (χ1n) is 6.08. The van der Waals surface area contributed by atoms with Crippen LogP contribution >= 0.6 is 23.2 Å². The summed E-state index contributed by atoms with van der Waals surface area (Å²) in [6.07, 6.45) is 1.52. The van der Waals surface area contributed by atoms with E-state index in [1.54, 1.807) is 12.1 Å². The van der Waals surface area contributed by atoms with E-state index < -0.39 is 5.91 Å². The highest BCUT2D eigenvalue weighted by atomic mass is 35.5. The van der Waals surface area contributed by atoms with Gasteiger partial charge in [-0.2, -0.15) is 0 Å². The molecule has 1 aromatic carbocycles. The van der Waals surface area contributed by atoms with Crippen molar-refractivity contribution < 1.29 is 14.0 Å². The molecule has 0 saturated heterocycles. The molecule has 7 heteroatoms. The summed E-state index contributed by atoms with van der Waals surface area (Å²) >= 11 is 11.6. The predicted octanol–water partition coefficient (Wildman–Crippen LogP) is 2.63. The van der Waals surface area contributed by atoms with Crippen molar-refractivity contribution >= 4 is 35.0 Å². The molecular formula is C14H12Cl2N2O3. The van der Waals surface area contributed by atoms with Gasteiger partial charge in [0.05, 0.1) is 29.4 Å². The molecule has 0 bridgehead atoms. The zero-order valence-electron chi connectivity index (χ0n) is 10.9. The fraction of sp³-hybridized carbons (Fsp3) is 0.143. The van der Waals surface area contributed by atoms with Crippen LogP contribution in [-0.4, -0.2) is 18.4 Å². The van der Waals surface area contributed by atoms with Crippen molar-refractivity contribution in [2.75, 3.05) is 6.54 Å². The van der Waals surface area contributed by atoms with Gasteiger partial charge in [-0.15, -0.1) is 0 Å². The van der Waals surface area contributed by atoms with Crippen molar-refractivity contribution in [2.45, 2.75) is 6.54 Å². The Balaban J connectivity index is 1.80. The molecule has 2 N–H and O–H groups in total. The van der Waals surface area contributed by atoms with Gasteiger partial charge in [-0.3, -0.25) is 9.59 Å². The molecule has 110 valence electrons. The van der Waals surface area contributed by atoms with Gasteiger partial charge in [-0.1, -0.05) is 23.2 Å². The van der Waals surface area contributed by atoms with Crippen LogP contribution < -0.4 is 10.6 Å². The van der Waals surface area contributed by atoms with Crippen LogP contribution in [0.25, 0.3) is 0 Å². The Morgan fingerprint density at radius 3 is 2.57 bits per heavy atom. The summed E-state index contributed by atoms with van der Waals surface area (Å²) in [5.74, 6) is -0.0827. The molecule has 1 heterocycles. The fourth-order valence-electron chi connectivity index (χ4n) is 1.56. The smallest absolute Gasteiger partial charge is 0.251 e. The van der Waals surface area contributed by atoms with E-state index in [4.69, 9.17) is 27.6 Å². The minimum absolute atomic E-state index is 0.139. The summed E-state index contributed by atoms with van der Waals surface area (Å²) in [5.41, 5.74) is 0.336. The number of rotatable bonds is 5. The SMILES string of the molecule is O=C(CNC(=O)c1ccc(Cl)c(Cl)c1)NCc1ccco1. The van der Waals surface area contributed by atoms with E-state index in [1.165, 1.54) is 24.5 Å². The molecule has 0 spiro atoms. The van der Waals surface area contributed by atoms with E-state index in [1.807, 2.05) is 0 Å². The van der Waals surface area contributed by atoms with Gasteiger partial charge < -0.3 is 15.1 Å². The van der Waals surface area contributed by atoms with Crippen molar-refractivity contribution in [2.24, 2.45) is 0 Å². The van der Waals surface area contributed by atoms with E-state index in [-0.39, 0.29) is 24.0 Å². The first-order valence-corrected chi connectivity index (χ1v) is 6.84. The minimum atomic E-state index is -0.401. The second-order valence-corrected chi connectivity index (χ2v) is 4.98. The third-order valence-corrected chi connectivity index (χ3v) is 3.37. The van der Waals surface area contributed by atoms with E-state index in [2.05, 4.69) is 10.6 Å². The molecule has 0 unspecified atom stereocenters. The average molecular weight is 327 g/mol. The monoisotopic (exact) mass is 326 g/mol. The van der Waals surface area contributed by atoms with Crippen LogP contribution in [0.2, 0.25) is 10.0 Å². The highest BCUT2D eigenvalue weighted by molar-refractivity contribution is 6.42. The van der Waals surface area contributed by atoms with Gasteiger partial charge in [0, 0.05) is 5.56 Å². The zero-order chi connectivity index (χ0) is 15.2. The van der Waals surface area contributed by atoms with Crippen LogP contribution in [-0.2, 0) is 11.3 Å². The van der Waals surface area contributed by atoms with Crippen LogP contribution in [0.4, 0.5) is 0 Å². The van der Waals surface area contributed by atoms with E-state index in [0.717, 1.165) is 0 Å². The van der Waals surface area contributed by atoms with Gasteiger partial charge in [0.15, 0.2) is 0 Å². The number of amides is 2. The van der Waals surface area contributed by atoms with Crippen molar-refractivity contribution in [1.29, 1.82) is 0 Å². The maximum atomic E-state index is 11.8. The van der Waals surface area contributed by atoms with Gasteiger partial charge in [0.25, 0.3) is 5.91 Å². The molecule has 2 amide bonds. The second kappa shape index (κ2) is 7.15. The highest BCUT2D eigenvalue weighted by Crippen LogP contribution is 2.22. The molecule has 0 aliphatic heterocycles. The molecule has 0 radical (unpaired) electrons.